The second-order valence-corrected chi connectivity index (χ2v) is 12.8. The molecular formula is C31H37Cl2N3O6S. The van der Waals surface area contributed by atoms with Gasteiger partial charge in [0.25, 0.3) is 10.0 Å². The van der Waals surface area contributed by atoms with Gasteiger partial charge in [0.05, 0.1) is 24.8 Å². The molecule has 0 heterocycles. The Kier molecular flexibility index (Phi) is 11.7. The smallest absolute Gasteiger partial charge is 0.264 e. The molecule has 2 amide bonds. The van der Waals surface area contributed by atoms with Crippen LogP contribution < -0.4 is 19.1 Å². The molecule has 0 bridgehead atoms. The Balaban J connectivity index is 2.16. The molecule has 0 aliphatic rings. The summed E-state index contributed by atoms with van der Waals surface area (Å²) in [5.74, 6) is -0.512. The molecule has 0 aliphatic carbocycles. The lowest BCUT2D eigenvalue weighted by Crippen LogP contribution is -2.52. The van der Waals surface area contributed by atoms with Crippen molar-refractivity contribution in [1.29, 1.82) is 0 Å². The molecule has 0 radical (unpaired) electrons. The summed E-state index contributed by atoms with van der Waals surface area (Å²) in [5.41, 5.74) is 1.38. The lowest BCUT2D eigenvalue weighted by Gasteiger charge is -2.33. The van der Waals surface area contributed by atoms with Crippen LogP contribution in [0.15, 0.2) is 65.6 Å². The van der Waals surface area contributed by atoms with Crippen molar-refractivity contribution in [3.05, 3.63) is 81.8 Å². The zero-order valence-corrected chi connectivity index (χ0v) is 27.4. The zero-order valence-electron chi connectivity index (χ0n) is 25.1. The van der Waals surface area contributed by atoms with Gasteiger partial charge in [-0.05, 0) is 63.6 Å². The van der Waals surface area contributed by atoms with Gasteiger partial charge < -0.3 is 19.7 Å². The van der Waals surface area contributed by atoms with Crippen LogP contribution in [0.5, 0.6) is 11.5 Å². The van der Waals surface area contributed by atoms with Crippen LogP contribution >= 0.6 is 23.2 Å². The number of benzene rings is 3. The average Bonchev–Trinajstić information content (AvgIpc) is 2.99. The third-order valence-corrected chi connectivity index (χ3v) is 9.58. The van der Waals surface area contributed by atoms with Crippen LogP contribution in [0.4, 0.5) is 5.69 Å². The molecule has 0 aromatic heterocycles. The third kappa shape index (κ3) is 8.13. The Morgan fingerprint density at radius 1 is 0.953 bits per heavy atom. The van der Waals surface area contributed by atoms with Gasteiger partial charge in [0.15, 0.2) is 0 Å². The van der Waals surface area contributed by atoms with Crippen molar-refractivity contribution in [1.82, 2.24) is 10.2 Å². The van der Waals surface area contributed by atoms with Crippen molar-refractivity contribution < 1.29 is 27.5 Å². The lowest BCUT2D eigenvalue weighted by atomic mass is 10.1. The van der Waals surface area contributed by atoms with Crippen molar-refractivity contribution in [2.45, 2.75) is 57.6 Å². The van der Waals surface area contributed by atoms with E-state index in [2.05, 4.69) is 5.32 Å². The van der Waals surface area contributed by atoms with Crippen molar-refractivity contribution >= 4 is 50.7 Å². The average molecular weight is 651 g/mol. The molecule has 0 saturated carbocycles. The molecule has 232 valence electrons. The van der Waals surface area contributed by atoms with Gasteiger partial charge in [0.2, 0.25) is 11.8 Å². The maximum absolute atomic E-state index is 14.2. The summed E-state index contributed by atoms with van der Waals surface area (Å²) >= 11 is 12.9. The van der Waals surface area contributed by atoms with Crippen LogP contribution in [-0.4, -0.2) is 58.0 Å². The first-order valence-corrected chi connectivity index (χ1v) is 15.9. The normalized spacial score (nSPS) is 12.7. The standard InChI is InChI=1S/C31H37Cl2N3O6S/c1-7-21(3)34-31(38)22(4)35(18-25-26(32)9-8-10-27(25)33)30(37)19-36(28-17-23(41-5)13-16-29(28)42-6)43(39,40)24-14-11-20(2)12-15-24/h8-17,21-22H,7,18-19H2,1-6H3,(H,34,38). The van der Waals surface area contributed by atoms with E-state index < -0.39 is 34.4 Å². The Bertz CT molecular complexity index is 1530. The highest BCUT2D eigenvalue weighted by molar-refractivity contribution is 7.92. The molecule has 2 atom stereocenters. The summed E-state index contributed by atoms with van der Waals surface area (Å²) in [5, 5.41) is 3.50. The molecular weight excluding hydrogens is 613 g/mol. The molecule has 3 aromatic carbocycles. The number of nitrogens with zero attached hydrogens (tertiary/aromatic N) is 2. The molecule has 2 unspecified atom stereocenters. The highest BCUT2D eigenvalue weighted by Crippen LogP contribution is 2.36. The number of carbonyl (C=O) groups is 2. The van der Waals surface area contributed by atoms with Crippen molar-refractivity contribution in [3.63, 3.8) is 0 Å². The van der Waals surface area contributed by atoms with Crippen molar-refractivity contribution in [3.8, 4) is 11.5 Å². The number of carbonyl (C=O) groups excluding carboxylic acids is 2. The van der Waals surface area contributed by atoms with E-state index >= 15 is 0 Å². The van der Waals surface area contributed by atoms with Gasteiger partial charge in [-0.15, -0.1) is 0 Å². The molecule has 0 spiro atoms. The number of sulfonamides is 1. The van der Waals surface area contributed by atoms with Crippen molar-refractivity contribution in [2.75, 3.05) is 25.1 Å². The highest BCUT2D eigenvalue weighted by Gasteiger charge is 2.34. The number of rotatable bonds is 13. The third-order valence-electron chi connectivity index (χ3n) is 7.10. The van der Waals surface area contributed by atoms with E-state index in [0.717, 1.165) is 9.87 Å². The second-order valence-electron chi connectivity index (χ2n) is 10.1. The predicted octanol–water partition coefficient (Wildman–Crippen LogP) is 5.85. The molecule has 3 rings (SSSR count). The van der Waals surface area contributed by atoms with E-state index in [0.29, 0.717) is 27.8 Å². The highest BCUT2D eigenvalue weighted by atomic mass is 35.5. The lowest BCUT2D eigenvalue weighted by molar-refractivity contribution is -0.139. The topological polar surface area (TPSA) is 105 Å². The number of ether oxygens (including phenoxy) is 2. The number of nitrogens with one attached hydrogen (secondary N) is 1. The van der Waals surface area contributed by atoms with Gasteiger partial charge in [0, 0.05) is 34.3 Å². The number of hydrogen-bond donors (Lipinski definition) is 1. The fourth-order valence-corrected chi connectivity index (χ4v) is 6.18. The van der Waals surface area contributed by atoms with Crippen LogP contribution in [-0.2, 0) is 26.2 Å². The number of hydrogen-bond acceptors (Lipinski definition) is 6. The van der Waals surface area contributed by atoms with Crippen molar-refractivity contribution in [2.24, 2.45) is 0 Å². The molecule has 9 nitrogen and oxygen atoms in total. The van der Waals surface area contributed by atoms with E-state index in [9.17, 15) is 18.0 Å². The minimum absolute atomic E-state index is 0.0287. The van der Waals surface area contributed by atoms with Crippen LogP contribution in [0, 0.1) is 6.92 Å². The summed E-state index contributed by atoms with van der Waals surface area (Å²) in [4.78, 5) is 28.7. The Morgan fingerprint density at radius 3 is 2.14 bits per heavy atom. The van der Waals surface area contributed by atoms with E-state index in [1.165, 1.54) is 37.3 Å². The van der Waals surface area contributed by atoms with Gasteiger partial charge in [-0.2, -0.15) is 0 Å². The van der Waals surface area contributed by atoms with Gasteiger partial charge in [-0.3, -0.25) is 13.9 Å². The molecule has 0 fully saturated rings. The monoisotopic (exact) mass is 649 g/mol. The number of aryl methyl sites for hydroxylation is 1. The number of methoxy groups -OCH3 is 2. The first kappa shape index (κ1) is 34.0. The first-order chi connectivity index (χ1) is 20.3. The summed E-state index contributed by atoms with van der Waals surface area (Å²) in [6.07, 6.45) is 0.682. The Labute approximate surface area is 263 Å². The summed E-state index contributed by atoms with van der Waals surface area (Å²) in [6.45, 7) is 6.39. The van der Waals surface area contributed by atoms with Gasteiger partial charge in [0.1, 0.15) is 24.1 Å². The molecule has 0 saturated heterocycles. The maximum Gasteiger partial charge on any atom is 0.264 e. The van der Waals surface area contributed by atoms with E-state index in [4.69, 9.17) is 32.7 Å². The van der Waals surface area contributed by atoms with Crippen LogP contribution in [0.25, 0.3) is 0 Å². The zero-order chi connectivity index (χ0) is 31.9. The summed E-state index contributed by atoms with van der Waals surface area (Å²) in [6, 6.07) is 14.7. The number of anilines is 1. The van der Waals surface area contributed by atoms with E-state index in [1.807, 2.05) is 20.8 Å². The molecule has 12 heteroatoms. The largest absolute Gasteiger partial charge is 0.497 e. The minimum atomic E-state index is -4.32. The van der Waals surface area contributed by atoms with Gasteiger partial charge in [-0.25, -0.2) is 8.42 Å². The van der Waals surface area contributed by atoms with E-state index in [-0.39, 0.29) is 28.9 Å². The maximum atomic E-state index is 14.2. The first-order valence-electron chi connectivity index (χ1n) is 13.7. The van der Waals surface area contributed by atoms with Crippen LogP contribution in [0.3, 0.4) is 0 Å². The fraction of sp³-hybridized carbons (Fsp3) is 0.355. The summed E-state index contributed by atoms with van der Waals surface area (Å²) in [7, 11) is -1.47. The Morgan fingerprint density at radius 2 is 1.58 bits per heavy atom. The Hall–Kier alpha value is -3.47. The fourth-order valence-electron chi connectivity index (χ4n) is 4.24. The number of halogens is 2. The SMILES string of the molecule is CCC(C)NC(=O)C(C)N(Cc1c(Cl)cccc1Cl)C(=O)CN(c1cc(OC)ccc1OC)S(=O)(=O)c1ccc(C)cc1. The van der Waals surface area contributed by atoms with Gasteiger partial charge >= 0.3 is 0 Å². The quantitative estimate of drug-likeness (QED) is 0.249. The summed E-state index contributed by atoms with van der Waals surface area (Å²) < 4.78 is 40.1. The predicted molar refractivity (Wildman–Crippen MR) is 170 cm³/mol. The number of amides is 2. The second kappa shape index (κ2) is 14.8. The van der Waals surface area contributed by atoms with Crippen LogP contribution in [0.1, 0.15) is 38.3 Å². The van der Waals surface area contributed by atoms with Gasteiger partial charge in [-0.1, -0.05) is 53.9 Å². The van der Waals surface area contributed by atoms with E-state index in [1.54, 1.807) is 49.4 Å². The van der Waals surface area contributed by atoms with Crippen LogP contribution in [0.2, 0.25) is 10.0 Å². The minimum Gasteiger partial charge on any atom is -0.497 e. The molecule has 43 heavy (non-hydrogen) atoms. The molecule has 1 N–H and O–H groups in total. The molecule has 0 aliphatic heterocycles. The molecule has 3 aromatic rings.